The molecular weight excluding hydrogens is 343 g/mol. The van der Waals surface area contributed by atoms with Crippen LogP contribution >= 0.6 is 0 Å². The highest BCUT2D eigenvalue weighted by molar-refractivity contribution is 5.95. The van der Waals surface area contributed by atoms with E-state index in [-0.39, 0.29) is 5.56 Å². The number of carbonyl (C=O) groups excluding carboxylic acids is 1. The second kappa shape index (κ2) is 7.51. The van der Waals surface area contributed by atoms with Crippen LogP contribution in [0.3, 0.4) is 0 Å². The highest BCUT2D eigenvalue weighted by Gasteiger charge is 2.41. The van der Waals surface area contributed by atoms with Crippen molar-refractivity contribution in [2.45, 2.75) is 45.2 Å². The van der Waals surface area contributed by atoms with Crippen LogP contribution in [0.1, 0.15) is 53.7 Å². The van der Waals surface area contributed by atoms with Crippen LogP contribution < -0.4 is 0 Å². The van der Waals surface area contributed by atoms with Gasteiger partial charge in [-0.3, -0.25) is 4.79 Å². The molecule has 140 valence electrons. The number of benzene rings is 1. The number of likely N-dealkylation sites (tertiary alicyclic amines) is 1. The Kier molecular flexibility index (Phi) is 5.34. The number of carbonyl (C=O) groups is 1. The maximum absolute atomic E-state index is 13.8. The summed E-state index contributed by atoms with van der Waals surface area (Å²) >= 11 is 0. The average Bonchev–Trinajstić information content (AvgIpc) is 2.99. The highest BCUT2D eigenvalue weighted by Crippen LogP contribution is 2.35. The van der Waals surface area contributed by atoms with Crippen molar-refractivity contribution >= 4 is 5.91 Å². The number of para-hydroxylation sites is 1. The van der Waals surface area contributed by atoms with E-state index in [0.717, 1.165) is 43.0 Å². The molecule has 0 N–H and O–H groups in total. The van der Waals surface area contributed by atoms with Crippen molar-refractivity contribution in [2.24, 2.45) is 0 Å². The van der Waals surface area contributed by atoms with Gasteiger partial charge in [-0.05, 0) is 31.4 Å². The minimum absolute atomic E-state index is 0.326. The quantitative estimate of drug-likeness (QED) is 0.780. The minimum Gasteiger partial charge on any atom is -0.339 e. The monoisotopic (exact) mass is 365 g/mol. The van der Waals surface area contributed by atoms with E-state index < -0.39 is 17.8 Å². The molecule has 0 saturated carbocycles. The number of amides is 1. The molecule has 1 aromatic heterocycles. The SMILES string of the molecule is Cc1ccccc1-n1ncc(C(=O)N2CCCCCCC2)c1C(F)(F)F. The standard InChI is InChI=1S/C19H22F3N3O/c1-14-9-5-6-10-16(14)25-17(19(20,21)22)15(13-23-25)18(26)24-11-7-3-2-4-8-12-24/h5-6,9-10,13H,2-4,7-8,11-12H2,1H3. The van der Waals surface area contributed by atoms with Gasteiger partial charge >= 0.3 is 6.18 Å². The van der Waals surface area contributed by atoms with Crippen LogP contribution in [0.25, 0.3) is 5.69 Å². The molecule has 0 atom stereocenters. The van der Waals surface area contributed by atoms with Crippen molar-refractivity contribution in [1.82, 2.24) is 14.7 Å². The largest absolute Gasteiger partial charge is 0.434 e. The third-order valence-electron chi connectivity index (χ3n) is 4.76. The molecule has 2 heterocycles. The fourth-order valence-electron chi connectivity index (χ4n) is 3.38. The average molecular weight is 365 g/mol. The van der Waals surface area contributed by atoms with Gasteiger partial charge in [0.2, 0.25) is 0 Å². The molecule has 0 unspecified atom stereocenters. The van der Waals surface area contributed by atoms with E-state index in [0.29, 0.717) is 24.3 Å². The van der Waals surface area contributed by atoms with Crippen LogP contribution in [0, 0.1) is 6.92 Å². The smallest absolute Gasteiger partial charge is 0.339 e. The first-order valence-electron chi connectivity index (χ1n) is 8.90. The molecule has 0 aliphatic carbocycles. The first-order valence-corrected chi connectivity index (χ1v) is 8.90. The van der Waals surface area contributed by atoms with Crippen LogP contribution in [0.4, 0.5) is 13.2 Å². The summed E-state index contributed by atoms with van der Waals surface area (Å²) < 4.78 is 42.2. The molecule has 2 aromatic rings. The number of nitrogens with zero attached hydrogens (tertiary/aromatic N) is 3. The predicted molar refractivity (Wildman–Crippen MR) is 92.3 cm³/mol. The van der Waals surface area contributed by atoms with E-state index in [1.165, 1.54) is 4.90 Å². The molecule has 1 fully saturated rings. The zero-order valence-electron chi connectivity index (χ0n) is 14.7. The number of hydrogen-bond donors (Lipinski definition) is 0. The third kappa shape index (κ3) is 3.76. The molecule has 7 heteroatoms. The summed E-state index contributed by atoms with van der Waals surface area (Å²) in [6.07, 6.45) is 1.12. The summed E-state index contributed by atoms with van der Waals surface area (Å²) in [5.41, 5.74) is -0.391. The fraction of sp³-hybridized carbons (Fsp3) is 0.474. The molecule has 0 bridgehead atoms. The lowest BCUT2D eigenvalue weighted by atomic mass is 10.1. The molecule has 4 nitrogen and oxygen atoms in total. The second-order valence-electron chi connectivity index (χ2n) is 6.66. The van der Waals surface area contributed by atoms with E-state index in [1.807, 2.05) is 0 Å². The fourth-order valence-corrected chi connectivity index (χ4v) is 3.38. The molecule has 0 spiro atoms. The van der Waals surface area contributed by atoms with Crippen molar-refractivity contribution in [3.8, 4) is 5.69 Å². The van der Waals surface area contributed by atoms with Crippen LogP contribution in [0.15, 0.2) is 30.5 Å². The summed E-state index contributed by atoms with van der Waals surface area (Å²) in [6.45, 7) is 2.70. The summed E-state index contributed by atoms with van der Waals surface area (Å²) in [7, 11) is 0. The molecule has 1 aliphatic heterocycles. The minimum atomic E-state index is -4.67. The normalized spacial score (nSPS) is 16.2. The first kappa shape index (κ1) is 18.5. The molecule has 1 aromatic carbocycles. The maximum atomic E-state index is 13.8. The van der Waals surface area contributed by atoms with Gasteiger partial charge < -0.3 is 4.90 Å². The summed E-state index contributed by atoms with van der Waals surface area (Å²) in [5.74, 6) is -0.584. The lowest BCUT2D eigenvalue weighted by molar-refractivity contribution is -0.143. The molecular formula is C19H22F3N3O. The topological polar surface area (TPSA) is 38.1 Å². The summed E-state index contributed by atoms with van der Waals surface area (Å²) in [6, 6.07) is 6.70. The Balaban J connectivity index is 2.02. The summed E-state index contributed by atoms with van der Waals surface area (Å²) in [5, 5.41) is 3.92. The van der Waals surface area contributed by atoms with Crippen LogP contribution in [0.2, 0.25) is 0 Å². The van der Waals surface area contributed by atoms with E-state index in [1.54, 1.807) is 31.2 Å². The third-order valence-corrected chi connectivity index (χ3v) is 4.76. The molecule has 1 saturated heterocycles. The van der Waals surface area contributed by atoms with Crippen LogP contribution in [-0.2, 0) is 6.18 Å². The van der Waals surface area contributed by atoms with Crippen LogP contribution in [-0.4, -0.2) is 33.7 Å². The Morgan fingerprint density at radius 3 is 2.27 bits per heavy atom. The number of rotatable bonds is 2. The number of aromatic nitrogens is 2. The molecule has 3 rings (SSSR count). The van der Waals surface area contributed by atoms with Gasteiger partial charge in [-0.25, -0.2) is 4.68 Å². The Morgan fingerprint density at radius 1 is 1.04 bits per heavy atom. The zero-order valence-corrected chi connectivity index (χ0v) is 14.7. The Hall–Kier alpha value is -2.31. The van der Waals surface area contributed by atoms with E-state index in [2.05, 4.69) is 5.10 Å². The van der Waals surface area contributed by atoms with Gasteiger partial charge in [0.1, 0.15) is 0 Å². The molecule has 1 aliphatic rings. The number of halogens is 3. The van der Waals surface area contributed by atoms with Crippen molar-refractivity contribution in [3.05, 3.63) is 47.3 Å². The molecule has 0 radical (unpaired) electrons. The number of aryl methyl sites for hydroxylation is 1. The highest BCUT2D eigenvalue weighted by atomic mass is 19.4. The summed E-state index contributed by atoms with van der Waals surface area (Å²) in [4.78, 5) is 14.4. The van der Waals surface area contributed by atoms with Crippen molar-refractivity contribution in [3.63, 3.8) is 0 Å². The zero-order chi connectivity index (χ0) is 18.7. The predicted octanol–water partition coefficient (Wildman–Crippen LogP) is 4.61. The van der Waals surface area contributed by atoms with Gasteiger partial charge in [-0.1, -0.05) is 37.5 Å². The van der Waals surface area contributed by atoms with Gasteiger partial charge in [-0.2, -0.15) is 18.3 Å². The lowest BCUT2D eigenvalue weighted by Crippen LogP contribution is -2.35. The van der Waals surface area contributed by atoms with Gasteiger partial charge in [0.25, 0.3) is 5.91 Å². The Morgan fingerprint density at radius 2 is 1.65 bits per heavy atom. The van der Waals surface area contributed by atoms with E-state index >= 15 is 0 Å². The Labute approximate surface area is 150 Å². The number of alkyl halides is 3. The second-order valence-corrected chi connectivity index (χ2v) is 6.66. The van der Waals surface area contributed by atoms with E-state index in [4.69, 9.17) is 0 Å². The van der Waals surface area contributed by atoms with Gasteiger partial charge in [0.15, 0.2) is 5.69 Å². The lowest BCUT2D eigenvalue weighted by Gasteiger charge is -2.25. The van der Waals surface area contributed by atoms with Crippen molar-refractivity contribution in [2.75, 3.05) is 13.1 Å². The van der Waals surface area contributed by atoms with Crippen molar-refractivity contribution in [1.29, 1.82) is 0 Å². The first-order chi connectivity index (χ1) is 12.4. The van der Waals surface area contributed by atoms with Gasteiger partial charge in [0, 0.05) is 13.1 Å². The van der Waals surface area contributed by atoms with Crippen molar-refractivity contribution < 1.29 is 18.0 Å². The molecule has 26 heavy (non-hydrogen) atoms. The van der Waals surface area contributed by atoms with E-state index in [9.17, 15) is 18.0 Å². The van der Waals surface area contributed by atoms with Gasteiger partial charge in [0.05, 0.1) is 17.4 Å². The molecule has 1 amide bonds. The van der Waals surface area contributed by atoms with Crippen LogP contribution in [0.5, 0.6) is 0 Å². The Bertz CT molecular complexity index is 775. The maximum Gasteiger partial charge on any atom is 0.434 e. The van der Waals surface area contributed by atoms with Gasteiger partial charge in [-0.15, -0.1) is 0 Å². The number of hydrogen-bond acceptors (Lipinski definition) is 2.